The number of nitrogens with two attached hydrogens (primary N) is 1. The van der Waals surface area contributed by atoms with E-state index in [9.17, 15) is 4.79 Å². The van der Waals surface area contributed by atoms with E-state index >= 15 is 0 Å². The van der Waals surface area contributed by atoms with Gasteiger partial charge in [0.1, 0.15) is 5.69 Å². The molecule has 6 rings (SSSR count). The highest BCUT2D eigenvalue weighted by Crippen LogP contribution is 2.31. The lowest BCUT2D eigenvalue weighted by Crippen LogP contribution is -2.11. The minimum absolute atomic E-state index is 0.196. The van der Waals surface area contributed by atoms with Crippen LogP contribution >= 0.6 is 0 Å². The van der Waals surface area contributed by atoms with Crippen molar-refractivity contribution in [1.82, 2.24) is 14.5 Å². The van der Waals surface area contributed by atoms with Crippen molar-refractivity contribution in [2.24, 2.45) is 5.73 Å². The quantitative estimate of drug-likeness (QED) is 0.268. The van der Waals surface area contributed by atoms with E-state index in [2.05, 4.69) is 52.0 Å². The summed E-state index contributed by atoms with van der Waals surface area (Å²) in [4.78, 5) is 30.2. The number of nitrogens with one attached hydrogen (secondary N) is 1. The SMILES string of the molecule is CC(=O)O.NCc1ccc(Cn2cc(-c3nc4c(-c5ccccc5)cccc4[nH]c3=O)c3ccccc32)cc1. The Hall–Kier alpha value is -5.01. The number of carbonyl (C=O) groups is 1. The summed E-state index contributed by atoms with van der Waals surface area (Å²) in [5, 5.41) is 8.42. The maximum absolute atomic E-state index is 13.2. The zero-order valence-electron chi connectivity index (χ0n) is 21.5. The number of H-pyrrole nitrogens is 1. The van der Waals surface area contributed by atoms with Crippen LogP contribution in [-0.2, 0) is 17.9 Å². The normalized spacial score (nSPS) is 10.8. The highest BCUT2D eigenvalue weighted by atomic mass is 16.4. The molecule has 6 aromatic rings. The zero-order valence-corrected chi connectivity index (χ0v) is 21.5. The molecule has 0 amide bonds. The van der Waals surface area contributed by atoms with E-state index in [0.717, 1.165) is 51.1 Å². The molecule has 0 spiro atoms. The Kier molecular flexibility index (Phi) is 7.34. The molecule has 0 radical (unpaired) electrons. The third-order valence-corrected chi connectivity index (χ3v) is 6.46. The van der Waals surface area contributed by atoms with Crippen molar-refractivity contribution >= 4 is 27.9 Å². The number of aliphatic carboxylic acids is 1. The summed E-state index contributed by atoms with van der Waals surface area (Å²) in [5.74, 6) is -0.833. The van der Waals surface area contributed by atoms with E-state index in [-0.39, 0.29) is 5.56 Å². The number of aromatic nitrogens is 3. The summed E-state index contributed by atoms with van der Waals surface area (Å²) in [7, 11) is 0. The molecule has 0 aliphatic rings. The largest absolute Gasteiger partial charge is 0.481 e. The summed E-state index contributed by atoms with van der Waals surface area (Å²) >= 11 is 0. The molecule has 2 heterocycles. The lowest BCUT2D eigenvalue weighted by molar-refractivity contribution is -0.134. The molecule has 0 aliphatic heterocycles. The molecule has 194 valence electrons. The van der Waals surface area contributed by atoms with Gasteiger partial charge < -0.3 is 20.4 Å². The Labute approximate surface area is 225 Å². The van der Waals surface area contributed by atoms with E-state index < -0.39 is 5.97 Å². The molecule has 0 unspecified atom stereocenters. The molecule has 2 aromatic heterocycles. The lowest BCUT2D eigenvalue weighted by Gasteiger charge is -2.08. The van der Waals surface area contributed by atoms with Gasteiger partial charge in [0.2, 0.25) is 0 Å². The number of hydrogen-bond donors (Lipinski definition) is 3. The van der Waals surface area contributed by atoms with Crippen LogP contribution in [0, 0.1) is 0 Å². The van der Waals surface area contributed by atoms with Gasteiger partial charge in [-0.15, -0.1) is 0 Å². The third kappa shape index (κ3) is 5.49. The topological polar surface area (TPSA) is 114 Å². The fraction of sp³-hybridized carbons (Fsp3) is 0.0938. The van der Waals surface area contributed by atoms with E-state index in [0.29, 0.717) is 18.8 Å². The summed E-state index contributed by atoms with van der Waals surface area (Å²) in [6.45, 7) is 2.30. The first kappa shape index (κ1) is 25.6. The molecule has 0 atom stereocenters. The van der Waals surface area contributed by atoms with Crippen molar-refractivity contribution in [2.45, 2.75) is 20.0 Å². The molecular weight excluding hydrogens is 488 g/mol. The predicted octanol–water partition coefficient (Wildman–Crippen LogP) is 5.81. The Bertz CT molecular complexity index is 1820. The standard InChI is InChI=1S/C30H24N4O.C2H4O2/c31-17-20-13-15-21(16-14-20)18-34-19-25(24-9-4-5-12-27(24)34)29-30(35)32-26-11-6-10-23(28(26)33-29)22-7-2-1-3-8-22;1-2(3)4/h1-16,19H,17-18,31H2,(H,32,35);1H3,(H,3,4). The number of nitrogens with zero attached hydrogens (tertiary/aromatic N) is 2. The number of benzene rings is 4. The summed E-state index contributed by atoms with van der Waals surface area (Å²) < 4.78 is 2.18. The lowest BCUT2D eigenvalue weighted by atomic mass is 10.0. The molecular formula is C32H28N4O3. The molecule has 4 N–H and O–H groups in total. The number of aromatic amines is 1. The second-order valence-electron chi connectivity index (χ2n) is 9.21. The number of hydrogen-bond acceptors (Lipinski definition) is 4. The van der Waals surface area contributed by atoms with Gasteiger partial charge in [0.25, 0.3) is 11.5 Å². The van der Waals surface area contributed by atoms with Gasteiger partial charge >= 0.3 is 0 Å². The second kappa shape index (κ2) is 11.2. The molecule has 0 saturated heterocycles. The average Bonchev–Trinajstić information content (AvgIpc) is 3.31. The van der Waals surface area contributed by atoms with Crippen LogP contribution in [0.5, 0.6) is 0 Å². The fourth-order valence-corrected chi connectivity index (χ4v) is 4.69. The summed E-state index contributed by atoms with van der Waals surface area (Å²) in [5.41, 5.74) is 13.7. The number of carboxylic acid groups (broad SMARTS) is 1. The Morgan fingerprint density at radius 2 is 1.54 bits per heavy atom. The number of rotatable bonds is 5. The monoisotopic (exact) mass is 516 g/mol. The molecule has 4 aromatic carbocycles. The first-order valence-electron chi connectivity index (χ1n) is 12.6. The molecule has 0 bridgehead atoms. The predicted molar refractivity (Wildman–Crippen MR) is 155 cm³/mol. The van der Waals surface area contributed by atoms with Crippen molar-refractivity contribution in [1.29, 1.82) is 0 Å². The van der Waals surface area contributed by atoms with Crippen LogP contribution in [0.15, 0.2) is 108 Å². The minimum Gasteiger partial charge on any atom is -0.481 e. The second-order valence-corrected chi connectivity index (χ2v) is 9.21. The minimum atomic E-state index is -0.833. The van der Waals surface area contributed by atoms with E-state index in [1.807, 2.05) is 60.8 Å². The average molecular weight is 517 g/mol. The first-order valence-corrected chi connectivity index (χ1v) is 12.6. The van der Waals surface area contributed by atoms with Gasteiger partial charge in [-0.25, -0.2) is 4.98 Å². The van der Waals surface area contributed by atoms with Crippen LogP contribution in [-0.4, -0.2) is 25.6 Å². The van der Waals surface area contributed by atoms with Crippen LogP contribution in [0.4, 0.5) is 0 Å². The molecule has 0 fully saturated rings. The van der Waals surface area contributed by atoms with Gasteiger partial charge in [-0.3, -0.25) is 9.59 Å². The van der Waals surface area contributed by atoms with Crippen molar-refractivity contribution in [3.05, 3.63) is 125 Å². The Balaban J connectivity index is 0.000000723. The van der Waals surface area contributed by atoms with Crippen molar-refractivity contribution in [3.63, 3.8) is 0 Å². The van der Waals surface area contributed by atoms with Gasteiger partial charge in [-0.1, -0.05) is 84.9 Å². The molecule has 0 saturated carbocycles. The molecule has 0 aliphatic carbocycles. The van der Waals surface area contributed by atoms with Gasteiger partial charge in [0.15, 0.2) is 0 Å². The van der Waals surface area contributed by atoms with Crippen molar-refractivity contribution in [2.75, 3.05) is 0 Å². The maximum Gasteiger partial charge on any atom is 0.300 e. The molecule has 39 heavy (non-hydrogen) atoms. The summed E-state index contributed by atoms with van der Waals surface area (Å²) in [6, 6.07) is 32.5. The Morgan fingerprint density at radius 3 is 2.26 bits per heavy atom. The molecule has 7 nitrogen and oxygen atoms in total. The van der Waals surface area contributed by atoms with Gasteiger partial charge in [0.05, 0.1) is 11.0 Å². The summed E-state index contributed by atoms with van der Waals surface area (Å²) in [6.07, 6.45) is 2.04. The van der Waals surface area contributed by atoms with Crippen molar-refractivity contribution < 1.29 is 9.90 Å². The van der Waals surface area contributed by atoms with Gasteiger partial charge in [-0.05, 0) is 28.8 Å². The first-order chi connectivity index (χ1) is 18.9. The van der Waals surface area contributed by atoms with Crippen LogP contribution < -0.4 is 11.3 Å². The smallest absolute Gasteiger partial charge is 0.300 e. The third-order valence-electron chi connectivity index (χ3n) is 6.46. The fourth-order valence-electron chi connectivity index (χ4n) is 4.69. The van der Waals surface area contributed by atoms with E-state index in [1.54, 1.807) is 0 Å². The zero-order chi connectivity index (χ0) is 27.4. The van der Waals surface area contributed by atoms with Crippen LogP contribution in [0.2, 0.25) is 0 Å². The molecule has 7 heteroatoms. The van der Waals surface area contributed by atoms with Gasteiger partial charge in [-0.2, -0.15) is 0 Å². The maximum atomic E-state index is 13.2. The Morgan fingerprint density at radius 1 is 0.872 bits per heavy atom. The number of carboxylic acids is 1. The van der Waals surface area contributed by atoms with Gasteiger partial charge in [0, 0.05) is 48.2 Å². The highest BCUT2D eigenvalue weighted by Gasteiger charge is 2.17. The number of para-hydroxylation sites is 2. The van der Waals surface area contributed by atoms with Crippen LogP contribution in [0.1, 0.15) is 18.1 Å². The van der Waals surface area contributed by atoms with E-state index in [1.165, 1.54) is 5.56 Å². The number of fused-ring (bicyclic) bond motifs is 2. The van der Waals surface area contributed by atoms with E-state index in [4.69, 9.17) is 20.6 Å². The van der Waals surface area contributed by atoms with Crippen LogP contribution in [0.25, 0.3) is 44.3 Å². The van der Waals surface area contributed by atoms with Crippen LogP contribution in [0.3, 0.4) is 0 Å². The highest BCUT2D eigenvalue weighted by molar-refractivity contribution is 5.97. The van der Waals surface area contributed by atoms with Crippen molar-refractivity contribution in [3.8, 4) is 22.4 Å².